The van der Waals surface area contributed by atoms with Crippen molar-refractivity contribution in [3.05, 3.63) is 52.2 Å². The summed E-state index contributed by atoms with van der Waals surface area (Å²) in [6, 6.07) is 12.1. The van der Waals surface area contributed by atoms with Crippen LogP contribution >= 0.6 is 11.3 Å². The van der Waals surface area contributed by atoms with Crippen LogP contribution in [0.5, 0.6) is 5.75 Å². The van der Waals surface area contributed by atoms with E-state index in [4.69, 9.17) is 4.74 Å². The van der Waals surface area contributed by atoms with Crippen LogP contribution in [-0.4, -0.2) is 11.2 Å². The minimum atomic E-state index is -0.366. The maximum absolute atomic E-state index is 10.1. The second-order valence-electron chi connectivity index (χ2n) is 4.88. The Balaban J connectivity index is 1.92. The van der Waals surface area contributed by atoms with Gasteiger partial charge in [-0.3, -0.25) is 0 Å². The fraction of sp³-hybridized carbons (Fsp3) is 0.375. The number of benzene rings is 1. The van der Waals surface area contributed by atoms with E-state index in [9.17, 15) is 5.11 Å². The third kappa shape index (κ3) is 4.37. The first kappa shape index (κ1) is 14.1. The first-order chi connectivity index (χ1) is 9.15. The number of aryl methyl sites for hydroxylation is 1. The highest BCUT2D eigenvalue weighted by molar-refractivity contribution is 7.10. The summed E-state index contributed by atoms with van der Waals surface area (Å²) in [5.74, 6) is 0.901. The first-order valence-electron chi connectivity index (χ1n) is 6.62. The van der Waals surface area contributed by atoms with Crippen LogP contribution in [-0.2, 0) is 6.42 Å². The molecule has 102 valence electrons. The molecular weight excluding hydrogens is 256 g/mol. The molecular formula is C16H20O2S. The third-order valence-electron chi connectivity index (χ3n) is 2.85. The molecule has 19 heavy (non-hydrogen) atoms. The Morgan fingerprint density at radius 2 is 2.05 bits per heavy atom. The molecule has 0 aliphatic carbocycles. The third-order valence-corrected chi connectivity index (χ3v) is 3.82. The van der Waals surface area contributed by atoms with E-state index in [2.05, 4.69) is 12.1 Å². The van der Waals surface area contributed by atoms with Crippen molar-refractivity contribution >= 4 is 11.3 Å². The van der Waals surface area contributed by atoms with Crippen LogP contribution in [0.1, 0.15) is 36.8 Å². The lowest BCUT2D eigenvalue weighted by Crippen LogP contribution is -2.05. The SMILES string of the molecule is CC(C)Oc1cccc(CCC(O)c2cccs2)c1. The van der Waals surface area contributed by atoms with Crippen molar-refractivity contribution in [3.8, 4) is 5.75 Å². The van der Waals surface area contributed by atoms with Gasteiger partial charge in [0.05, 0.1) is 12.2 Å². The highest BCUT2D eigenvalue weighted by Gasteiger charge is 2.09. The molecule has 2 aromatic rings. The van der Waals surface area contributed by atoms with Gasteiger partial charge >= 0.3 is 0 Å². The van der Waals surface area contributed by atoms with E-state index in [1.54, 1.807) is 11.3 Å². The van der Waals surface area contributed by atoms with Gasteiger partial charge in [0.1, 0.15) is 5.75 Å². The summed E-state index contributed by atoms with van der Waals surface area (Å²) in [6.07, 6.45) is 1.42. The maximum Gasteiger partial charge on any atom is 0.119 e. The minimum absolute atomic E-state index is 0.187. The van der Waals surface area contributed by atoms with Gasteiger partial charge in [-0.25, -0.2) is 0 Å². The average molecular weight is 276 g/mol. The van der Waals surface area contributed by atoms with E-state index in [0.29, 0.717) is 0 Å². The zero-order chi connectivity index (χ0) is 13.7. The molecule has 0 amide bonds. The van der Waals surface area contributed by atoms with Crippen LogP contribution in [0, 0.1) is 0 Å². The Labute approximate surface area is 118 Å². The van der Waals surface area contributed by atoms with E-state index in [0.717, 1.165) is 23.5 Å². The standard InChI is InChI=1S/C16H20O2S/c1-12(2)18-14-6-3-5-13(11-14)8-9-15(17)16-7-4-10-19-16/h3-7,10-12,15,17H,8-9H2,1-2H3. The second-order valence-corrected chi connectivity index (χ2v) is 5.86. The van der Waals surface area contributed by atoms with Crippen LogP contribution in [0.3, 0.4) is 0 Å². The summed E-state index contributed by atoms with van der Waals surface area (Å²) in [6.45, 7) is 4.04. The Morgan fingerprint density at radius 3 is 2.74 bits per heavy atom. The zero-order valence-corrected chi connectivity index (χ0v) is 12.2. The van der Waals surface area contributed by atoms with Gasteiger partial charge in [0.2, 0.25) is 0 Å². The molecule has 2 rings (SSSR count). The second kappa shape index (κ2) is 6.73. The molecule has 1 heterocycles. The van der Waals surface area contributed by atoms with Crippen LogP contribution in [0.25, 0.3) is 0 Å². The molecule has 0 spiro atoms. The number of ether oxygens (including phenoxy) is 1. The molecule has 1 unspecified atom stereocenters. The molecule has 1 N–H and O–H groups in total. The predicted molar refractivity (Wildman–Crippen MR) is 79.8 cm³/mol. The molecule has 1 atom stereocenters. The van der Waals surface area contributed by atoms with Crippen molar-refractivity contribution in [3.63, 3.8) is 0 Å². The largest absolute Gasteiger partial charge is 0.491 e. The van der Waals surface area contributed by atoms with Crippen LogP contribution in [0.2, 0.25) is 0 Å². The number of hydrogen-bond acceptors (Lipinski definition) is 3. The van der Waals surface area contributed by atoms with Gasteiger partial charge in [0.15, 0.2) is 0 Å². The Kier molecular flexibility index (Phi) is 5.00. The van der Waals surface area contributed by atoms with E-state index in [1.165, 1.54) is 5.56 Å². The number of hydrogen-bond donors (Lipinski definition) is 1. The molecule has 2 nitrogen and oxygen atoms in total. The normalized spacial score (nSPS) is 12.6. The van der Waals surface area contributed by atoms with E-state index in [-0.39, 0.29) is 12.2 Å². The lowest BCUT2D eigenvalue weighted by atomic mass is 10.1. The molecule has 0 saturated carbocycles. The van der Waals surface area contributed by atoms with Gasteiger partial charge in [0, 0.05) is 4.88 Å². The van der Waals surface area contributed by atoms with Gasteiger partial charge < -0.3 is 9.84 Å². The fourth-order valence-corrected chi connectivity index (χ4v) is 2.72. The topological polar surface area (TPSA) is 29.5 Å². The van der Waals surface area contributed by atoms with Gasteiger partial charge in [-0.15, -0.1) is 11.3 Å². The summed E-state index contributed by atoms with van der Waals surface area (Å²) in [5, 5.41) is 12.1. The Bertz CT molecular complexity index is 491. The zero-order valence-electron chi connectivity index (χ0n) is 11.4. The lowest BCUT2D eigenvalue weighted by molar-refractivity contribution is 0.171. The summed E-state index contributed by atoms with van der Waals surface area (Å²) in [7, 11) is 0. The van der Waals surface area contributed by atoms with Crippen molar-refractivity contribution in [1.82, 2.24) is 0 Å². The van der Waals surface area contributed by atoms with Crippen molar-refractivity contribution in [1.29, 1.82) is 0 Å². The number of thiophene rings is 1. The molecule has 1 aromatic carbocycles. The summed E-state index contributed by atoms with van der Waals surface area (Å²) in [4.78, 5) is 1.04. The van der Waals surface area contributed by atoms with Crippen LogP contribution in [0.4, 0.5) is 0 Å². The van der Waals surface area contributed by atoms with Crippen molar-refractivity contribution in [2.45, 2.75) is 38.9 Å². The van der Waals surface area contributed by atoms with Crippen molar-refractivity contribution in [2.75, 3.05) is 0 Å². The van der Waals surface area contributed by atoms with Crippen LogP contribution in [0.15, 0.2) is 41.8 Å². The van der Waals surface area contributed by atoms with Gasteiger partial charge in [-0.2, -0.15) is 0 Å². The first-order valence-corrected chi connectivity index (χ1v) is 7.50. The fourth-order valence-electron chi connectivity index (χ4n) is 1.97. The predicted octanol–water partition coefficient (Wildman–Crippen LogP) is 4.20. The maximum atomic E-state index is 10.1. The molecule has 0 saturated heterocycles. The van der Waals surface area contributed by atoms with Gasteiger partial charge in [-0.05, 0) is 55.8 Å². The highest BCUT2D eigenvalue weighted by Crippen LogP contribution is 2.24. The molecule has 1 aromatic heterocycles. The minimum Gasteiger partial charge on any atom is -0.491 e. The number of aliphatic hydroxyl groups is 1. The van der Waals surface area contributed by atoms with Crippen LogP contribution < -0.4 is 4.74 Å². The quantitative estimate of drug-likeness (QED) is 0.856. The molecule has 0 aliphatic heterocycles. The number of aliphatic hydroxyl groups excluding tert-OH is 1. The number of rotatable bonds is 6. The van der Waals surface area contributed by atoms with Crippen molar-refractivity contribution in [2.24, 2.45) is 0 Å². The Morgan fingerprint density at radius 1 is 1.21 bits per heavy atom. The molecule has 0 radical (unpaired) electrons. The summed E-state index contributed by atoms with van der Waals surface area (Å²) < 4.78 is 5.67. The monoisotopic (exact) mass is 276 g/mol. The highest BCUT2D eigenvalue weighted by atomic mass is 32.1. The summed E-state index contributed by atoms with van der Waals surface area (Å²) >= 11 is 1.60. The van der Waals surface area contributed by atoms with E-state index < -0.39 is 0 Å². The molecule has 0 bridgehead atoms. The van der Waals surface area contributed by atoms with E-state index >= 15 is 0 Å². The molecule has 0 aliphatic rings. The summed E-state index contributed by atoms with van der Waals surface area (Å²) in [5.41, 5.74) is 1.20. The van der Waals surface area contributed by atoms with Gasteiger partial charge in [-0.1, -0.05) is 18.2 Å². The molecule has 3 heteroatoms. The van der Waals surface area contributed by atoms with Crippen molar-refractivity contribution < 1.29 is 9.84 Å². The molecule has 0 fully saturated rings. The average Bonchev–Trinajstić information content (AvgIpc) is 2.89. The smallest absolute Gasteiger partial charge is 0.119 e. The lowest BCUT2D eigenvalue weighted by Gasteiger charge is -2.12. The Hall–Kier alpha value is -1.32. The van der Waals surface area contributed by atoms with E-state index in [1.807, 2.05) is 43.5 Å². The van der Waals surface area contributed by atoms with Gasteiger partial charge in [0.25, 0.3) is 0 Å².